The molecule has 0 aliphatic carbocycles. The molecule has 4 heteroatoms. The van der Waals surface area contributed by atoms with Crippen LogP contribution in [0.25, 0.3) is 0 Å². The number of carbonyl (C=O) groups is 1. The Hall–Kier alpha value is -0.770. The van der Waals surface area contributed by atoms with E-state index in [-0.39, 0.29) is 6.03 Å². The number of carbonyl (C=O) groups excluding carboxylic acids is 1. The van der Waals surface area contributed by atoms with Gasteiger partial charge in [-0.25, -0.2) is 4.79 Å². The molecular weight excluding hydrogens is 178 g/mol. The lowest BCUT2D eigenvalue weighted by atomic mass is 9.98. The molecule has 1 aliphatic rings. The lowest BCUT2D eigenvalue weighted by molar-refractivity contribution is 0.169. The van der Waals surface area contributed by atoms with Crippen LogP contribution in [0.4, 0.5) is 4.79 Å². The number of rotatable bonds is 2. The highest BCUT2D eigenvalue weighted by atomic mass is 16.2. The van der Waals surface area contributed by atoms with Gasteiger partial charge in [0.1, 0.15) is 0 Å². The molecule has 0 unspecified atom stereocenters. The molecule has 1 saturated heterocycles. The zero-order chi connectivity index (χ0) is 10.6. The van der Waals surface area contributed by atoms with Crippen LogP contribution < -0.4 is 5.32 Å². The largest absolute Gasteiger partial charge is 0.331 e. The second-order valence-electron chi connectivity index (χ2n) is 4.25. The minimum atomic E-state index is 0.100. The van der Waals surface area contributed by atoms with E-state index in [1.54, 1.807) is 19.0 Å². The van der Waals surface area contributed by atoms with Crippen LogP contribution in [0.2, 0.25) is 0 Å². The summed E-state index contributed by atoms with van der Waals surface area (Å²) in [5, 5.41) is 3.33. The Kier molecular flexibility index (Phi) is 4.20. The van der Waals surface area contributed by atoms with Gasteiger partial charge in [0, 0.05) is 27.7 Å². The second kappa shape index (κ2) is 5.20. The van der Waals surface area contributed by atoms with Crippen LogP contribution in [0, 0.1) is 5.92 Å². The number of hydrogen-bond acceptors (Lipinski definition) is 2. The van der Waals surface area contributed by atoms with Crippen molar-refractivity contribution in [2.45, 2.75) is 12.8 Å². The lowest BCUT2D eigenvalue weighted by Gasteiger charge is -2.29. The SMILES string of the molecule is CN(C)C(=O)N(C)CC1CCNCC1. The van der Waals surface area contributed by atoms with Crippen LogP contribution in [-0.2, 0) is 0 Å². The Morgan fingerprint density at radius 1 is 1.29 bits per heavy atom. The third kappa shape index (κ3) is 3.18. The second-order valence-corrected chi connectivity index (χ2v) is 4.25. The smallest absolute Gasteiger partial charge is 0.319 e. The van der Waals surface area contributed by atoms with Crippen LogP contribution in [0.3, 0.4) is 0 Å². The van der Waals surface area contributed by atoms with Crippen molar-refractivity contribution in [3.63, 3.8) is 0 Å². The highest BCUT2D eigenvalue weighted by Crippen LogP contribution is 2.12. The van der Waals surface area contributed by atoms with Gasteiger partial charge in [-0.2, -0.15) is 0 Å². The first-order valence-electron chi connectivity index (χ1n) is 5.24. The van der Waals surface area contributed by atoms with Crippen molar-refractivity contribution in [1.29, 1.82) is 0 Å². The zero-order valence-electron chi connectivity index (χ0n) is 9.42. The van der Waals surface area contributed by atoms with Crippen molar-refractivity contribution in [2.24, 2.45) is 5.92 Å². The summed E-state index contributed by atoms with van der Waals surface area (Å²) in [6, 6.07) is 0.100. The average molecular weight is 199 g/mol. The van der Waals surface area contributed by atoms with Gasteiger partial charge in [0.05, 0.1) is 0 Å². The number of piperidine rings is 1. The third-order valence-corrected chi connectivity index (χ3v) is 2.70. The molecule has 2 amide bonds. The van der Waals surface area contributed by atoms with E-state index in [9.17, 15) is 4.79 Å². The fraction of sp³-hybridized carbons (Fsp3) is 0.900. The fourth-order valence-corrected chi connectivity index (χ4v) is 1.87. The van der Waals surface area contributed by atoms with Crippen molar-refractivity contribution in [2.75, 3.05) is 40.8 Å². The molecule has 0 bridgehead atoms. The summed E-state index contributed by atoms with van der Waals surface area (Å²) in [4.78, 5) is 15.0. The first-order valence-corrected chi connectivity index (χ1v) is 5.24. The van der Waals surface area contributed by atoms with Gasteiger partial charge in [-0.05, 0) is 31.8 Å². The van der Waals surface area contributed by atoms with Gasteiger partial charge in [-0.1, -0.05) is 0 Å². The maximum absolute atomic E-state index is 11.6. The van der Waals surface area contributed by atoms with E-state index in [0.717, 1.165) is 19.6 Å². The van der Waals surface area contributed by atoms with Crippen molar-refractivity contribution in [1.82, 2.24) is 15.1 Å². The van der Waals surface area contributed by atoms with E-state index >= 15 is 0 Å². The van der Waals surface area contributed by atoms with Crippen molar-refractivity contribution < 1.29 is 4.79 Å². The summed E-state index contributed by atoms with van der Waals surface area (Å²) in [5.41, 5.74) is 0. The van der Waals surface area contributed by atoms with Crippen LogP contribution in [0.15, 0.2) is 0 Å². The number of nitrogens with zero attached hydrogens (tertiary/aromatic N) is 2. The van der Waals surface area contributed by atoms with E-state index in [4.69, 9.17) is 0 Å². The summed E-state index contributed by atoms with van der Waals surface area (Å²) in [5.74, 6) is 0.671. The molecule has 1 rings (SSSR count). The molecule has 82 valence electrons. The number of urea groups is 1. The summed E-state index contributed by atoms with van der Waals surface area (Å²) in [6.07, 6.45) is 2.37. The molecule has 0 radical (unpaired) electrons. The predicted octanol–water partition coefficient (Wildman–Crippen LogP) is 0.599. The maximum atomic E-state index is 11.6. The number of amides is 2. The van der Waals surface area contributed by atoms with Gasteiger partial charge in [-0.15, -0.1) is 0 Å². The Labute approximate surface area is 86.2 Å². The van der Waals surface area contributed by atoms with E-state index in [1.807, 2.05) is 11.9 Å². The Morgan fingerprint density at radius 3 is 2.36 bits per heavy atom. The van der Waals surface area contributed by atoms with E-state index < -0.39 is 0 Å². The van der Waals surface area contributed by atoms with E-state index in [2.05, 4.69) is 5.32 Å². The van der Waals surface area contributed by atoms with Gasteiger partial charge in [0.25, 0.3) is 0 Å². The average Bonchev–Trinajstić information content (AvgIpc) is 2.18. The number of hydrogen-bond donors (Lipinski definition) is 1. The quantitative estimate of drug-likeness (QED) is 0.707. The van der Waals surface area contributed by atoms with Crippen LogP contribution in [0.1, 0.15) is 12.8 Å². The molecule has 0 aromatic carbocycles. The van der Waals surface area contributed by atoms with Gasteiger partial charge >= 0.3 is 6.03 Å². The van der Waals surface area contributed by atoms with Crippen molar-refractivity contribution >= 4 is 6.03 Å². The molecule has 1 N–H and O–H groups in total. The Morgan fingerprint density at radius 2 is 1.86 bits per heavy atom. The standard InChI is InChI=1S/C10H21N3O/c1-12(2)10(14)13(3)8-9-4-6-11-7-5-9/h9,11H,4-8H2,1-3H3. The fourth-order valence-electron chi connectivity index (χ4n) is 1.87. The zero-order valence-corrected chi connectivity index (χ0v) is 9.42. The molecule has 1 aliphatic heterocycles. The van der Waals surface area contributed by atoms with Crippen molar-refractivity contribution in [3.8, 4) is 0 Å². The number of nitrogens with one attached hydrogen (secondary N) is 1. The first kappa shape index (κ1) is 11.3. The van der Waals surface area contributed by atoms with Crippen LogP contribution >= 0.6 is 0 Å². The third-order valence-electron chi connectivity index (χ3n) is 2.70. The summed E-state index contributed by atoms with van der Waals surface area (Å²) in [6.45, 7) is 3.07. The van der Waals surface area contributed by atoms with Gasteiger partial charge in [-0.3, -0.25) is 0 Å². The molecule has 14 heavy (non-hydrogen) atoms. The molecule has 1 heterocycles. The summed E-state index contributed by atoms with van der Waals surface area (Å²) >= 11 is 0. The topological polar surface area (TPSA) is 35.6 Å². The molecule has 1 fully saturated rings. The van der Waals surface area contributed by atoms with E-state index in [0.29, 0.717) is 5.92 Å². The van der Waals surface area contributed by atoms with Crippen LogP contribution in [-0.4, -0.2) is 56.6 Å². The minimum Gasteiger partial charge on any atom is -0.331 e. The Bertz CT molecular complexity index is 188. The molecule has 0 saturated carbocycles. The molecule has 0 aromatic rings. The maximum Gasteiger partial charge on any atom is 0.319 e. The van der Waals surface area contributed by atoms with Crippen LogP contribution in [0.5, 0.6) is 0 Å². The summed E-state index contributed by atoms with van der Waals surface area (Å²) in [7, 11) is 5.47. The van der Waals surface area contributed by atoms with Gasteiger partial charge in [0.2, 0.25) is 0 Å². The van der Waals surface area contributed by atoms with Gasteiger partial charge in [0.15, 0.2) is 0 Å². The first-order chi connectivity index (χ1) is 6.61. The van der Waals surface area contributed by atoms with Gasteiger partial charge < -0.3 is 15.1 Å². The normalized spacial score (nSPS) is 17.9. The monoisotopic (exact) mass is 199 g/mol. The lowest BCUT2D eigenvalue weighted by Crippen LogP contribution is -2.41. The Balaban J connectivity index is 2.31. The summed E-state index contributed by atoms with van der Waals surface area (Å²) < 4.78 is 0. The van der Waals surface area contributed by atoms with Crippen molar-refractivity contribution in [3.05, 3.63) is 0 Å². The molecule has 0 aromatic heterocycles. The van der Waals surface area contributed by atoms with E-state index in [1.165, 1.54) is 12.8 Å². The molecule has 0 spiro atoms. The highest BCUT2D eigenvalue weighted by molar-refractivity contribution is 5.73. The predicted molar refractivity (Wildman–Crippen MR) is 57.3 cm³/mol. The molecule has 0 atom stereocenters. The minimum absolute atomic E-state index is 0.100. The molecular formula is C10H21N3O. The molecule has 4 nitrogen and oxygen atoms in total. The highest BCUT2D eigenvalue weighted by Gasteiger charge is 2.18.